The van der Waals surface area contributed by atoms with E-state index in [1.165, 1.54) is 76.6 Å². The molecule has 0 unspecified atom stereocenters. The predicted octanol–water partition coefficient (Wildman–Crippen LogP) is 0.715. The normalized spacial score (nSPS) is 9.33. The predicted molar refractivity (Wildman–Crippen MR) is 309 cm³/mol. The van der Waals surface area contributed by atoms with Gasteiger partial charge in [0.25, 0.3) is 41.6 Å². The van der Waals surface area contributed by atoms with Crippen LogP contribution in [-0.2, 0) is 24.1 Å². The maximum Gasteiger partial charge on any atom is 1.00 e. The van der Waals surface area contributed by atoms with Gasteiger partial charge in [-0.3, -0.25) is 19.2 Å². The van der Waals surface area contributed by atoms with E-state index in [1.54, 1.807) is 38.6 Å². The molecule has 0 bridgehead atoms. The standard InChI is InChI=1S/C16H14N6O3S.C8H9ClN2O3.C8H6N4S.C7H10N2O2.C6H8N2O2.C2H2Cl2O.CH2O3.2K.H/c1-8-13-9(6-18-14(8)17-2)19-16(22-13)26-7-12(24)20-11-5-4-10(23)15(21-11)25-3;1-14-8-5(12)2-3-6(11-8)10-7(13)4-9;1-4-6-5(11-8(13)12-6)3-10-7(4)9-2;1-10-5-3-4-6(8)9-7(5)11-2;1-10-6-4(9)2-3-5(7)8-6;3-1-2(4)5;2-1-4-3;;;/h4-6,23H,7H2,1,3H3,(H,19,22)(H,20,21,24);2-3,12H,4H2,1H3,(H,10,11,13);3H,1H3,(H2,11,12,13);3-4H,1-2H3,(H2,8,9);2-3,9H,1H3,(H2,7,8);1H2;1,3H;;;/q;;;;;;;2*+1;-1/p-1. The minimum Gasteiger partial charge on any atom is -1.00 e. The van der Waals surface area contributed by atoms with E-state index in [0.717, 1.165) is 16.6 Å². The number of anilines is 4. The number of hydrogen-bond donors (Lipinski definition) is 10. The number of fused-ring (bicyclic) bond motifs is 2. The Labute approximate surface area is 594 Å². The fourth-order valence-electron chi connectivity index (χ4n) is 5.63. The fraction of sp³-hybridized carbons (Fsp3) is 0.208. The molecule has 0 aromatic carbocycles. The third kappa shape index (κ3) is 27.2. The van der Waals surface area contributed by atoms with Crippen molar-refractivity contribution in [2.75, 3.05) is 75.2 Å². The minimum atomic E-state index is -0.508. The number of nitrogens with two attached hydrogens (primary N) is 2. The van der Waals surface area contributed by atoms with Crippen molar-refractivity contribution < 1.29 is 173 Å². The Morgan fingerprint density at radius 1 is 0.694 bits per heavy atom. The topological polar surface area (TPSA) is 430 Å². The number of nitrogen functional groups attached to an aromatic ring is 2. The van der Waals surface area contributed by atoms with Crippen molar-refractivity contribution in [2.24, 2.45) is 0 Å². The van der Waals surface area contributed by atoms with Crippen LogP contribution in [0.5, 0.6) is 46.5 Å². The zero-order valence-corrected chi connectivity index (χ0v) is 56.6. The number of thioether (sulfide) groups is 1. The van der Waals surface area contributed by atoms with Crippen LogP contribution in [-0.4, -0.2) is 142 Å². The van der Waals surface area contributed by atoms with Crippen molar-refractivity contribution >= 4 is 139 Å². The third-order valence-electron chi connectivity index (χ3n) is 9.23. The molecule has 0 saturated heterocycles. The number of nitrogens with one attached hydrogen (secondary N) is 5. The van der Waals surface area contributed by atoms with Crippen molar-refractivity contribution in [2.45, 2.75) is 19.0 Å². The minimum absolute atomic E-state index is 0. The van der Waals surface area contributed by atoms with Gasteiger partial charge in [0.15, 0.2) is 32.9 Å². The molecule has 8 aromatic heterocycles. The Kier molecular flexibility index (Phi) is 39.2. The van der Waals surface area contributed by atoms with Crippen LogP contribution in [0.3, 0.4) is 0 Å². The summed E-state index contributed by atoms with van der Waals surface area (Å²) >= 11 is 21.0. The molecular weight excluding hydrogens is 1270 g/mol. The van der Waals surface area contributed by atoms with E-state index in [2.05, 4.69) is 79.8 Å². The van der Waals surface area contributed by atoms with Crippen molar-refractivity contribution in [3.63, 3.8) is 0 Å². The molecule has 8 heterocycles. The molecule has 2 amide bonds. The molecule has 0 radical (unpaired) electrons. The van der Waals surface area contributed by atoms with Crippen LogP contribution in [0.15, 0.2) is 66.1 Å². The number of hydrogen-bond acceptors (Lipinski definition) is 25. The first kappa shape index (κ1) is 78.6. The van der Waals surface area contributed by atoms with Crippen LogP contribution in [0.25, 0.3) is 31.8 Å². The first-order chi connectivity index (χ1) is 39.6. The van der Waals surface area contributed by atoms with E-state index in [4.69, 9.17) is 106 Å². The number of alkyl halides is 2. The molecule has 0 aliphatic carbocycles. The molecule has 37 heteroatoms. The summed E-state index contributed by atoms with van der Waals surface area (Å²) in [7, 11) is 7.23. The van der Waals surface area contributed by atoms with Crippen molar-refractivity contribution in [1.82, 2.24) is 49.8 Å². The number of rotatable bonds is 13. The van der Waals surface area contributed by atoms with Crippen molar-refractivity contribution in [3.05, 3.63) is 99.7 Å². The number of aromatic amines is 3. The Morgan fingerprint density at radius 2 is 1.14 bits per heavy atom. The number of H-pyrrole nitrogens is 3. The van der Waals surface area contributed by atoms with Gasteiger partial charge < -0.3 is 97.3 Å². The largest absolute Gasteiger partial charge is 1.00 e. The van der Waals surface area contributed by atoms with Crippen LogP contribution < -0.4 is 154 Å². The molecule has 0 saturated carbocycles. The quantitative estimate of drug-likeness (QED) is 0.00875. The van der Waals surface area contributed by atoms with E-state index in [1.807, 2.05) is 6.92 Å². The molecule has 8 rings (SSSR count). The van der Waals surface area contributed by atoms with Crippen molar-refractivity contribution in [1.29, 1.82) is 0 Å². The monoisotopic (exact) mass is 1320 g/mol. The Bertz CT molecular complexity index is 3620. The molecule has 0 fully saturated rings. The molecule has 0 spiro atoms. The summed E-state index contributed by atoms with van der Waals surface area (Å²) in [5.41, 5.74) is 15.3. The van der Waals surface area contributed by atoms with E-state index in [0.29, 0.717) is 61.4 Å². The van der Waals surface area contributed by atoms with Gasteiger partial charge in [0.05, 0.1) is 58.2 Å². The summed E-state index contributed by atoms with van der Waals surface area (Å²) in [5.74, 6) is 2.28. The fourth-order valence-corrected chi connectivity index (χ4v) is 6.58. The summed E-state index contributed by atoms with van der Waals surface area (Å²) in [5, 5.41) is 41.2. The zero-order chi connectivity index (χ0) is 62.2. The maximum absolute atomic E-state index is 12.1. The summed E-state index contributed by atoms with van der Waals surface area (Å²) in [6.07, 6.45) is 3.17. The van der Waals surface area contributed by atoms with Gasteiger partial charge in [0.1, 0.15) is 52.6 Å². The van der Waals surface area contributed by atoms with Crippen molar-refractivity contribution in [3.8, 4) is 46.5 Å². The Morgan fingerprint density at radius 3 is 1.59 bits per heavy atom. The molecular formula is C48H51Cl3K2N16O14S2. The summed E-state index contributed by atoms with van der Waals surface area (Å²) in [6.45, 7) is 17.4. The number of halogens is 3. The number of aryl methyl sites for hydroxylation is 2. The summed E-state index contributed by atoms with van der Waals surface area (Å²) in [4.78, 5) is 87.1. The van der Waals surface area contributed by atoms with Crippen LogP contribution in [0.4, 0.5) is 34.9 Å². The van der Waals surface area contributed by atoms with E-state index in [-0.39, 0.29) is 187 Å². The first-order valence-corrected chi connectivity index (χ1v) is 25.2. The molecule has 85 heavy (non-hydrogen) atoms. The third-order valence-corrected chi connectivity index (χ3v) is 11.1. The smallest absolute Gasteiger partial charge is 1.00 e. The summed E-state index contributed by atoms with van der Waals surface area (Å²) in [6, 6.07) is 12.0. The van der Waals surface area contributed by atoms with Gasteiger partial charge in [0.2, 0.25) is 17.1 Å². The second-order valence-corrected chi connectivity index (χ2v) is 17.0. The number of nitrogens with zero attached hydrogens (tertiary/aromatic N) is 9. The van der Waals surface area contributed by atoms with Gasteiger partial charge in [-0.2, -0.15) is 19.9 Å². The summed E-state index contributed by atoms with van der Waals surface area (Å²) < 4.78 is 24.7. The number of pyridine rings is 6. The number of aromatic hydroxyl groups is 3. The number of carbonyl (C=O) groups excluding carboxylic acids is 4. The van der Waals surface area contributed by atoms with Gasteiger partial charge in [-0.05, 0) is 86.2 Å². The van der Waals surface area contributed by atoms with E-state index < -0.39 is 5.24 Å². The molecule has 12 N–H and O–H groups in total. The number of aromatic nitrogens is 10. The number of imidazole rings is 2. The van der Waals surface area contributed by atoms with Gasteiger partial charge in [-0.1, -0.05) is 24.9 Å². The molecule has 0 aliphatic heterocycles. The SMILES string of the molecule is COc1ccc(N)nc1OC.COc1nc(N)ccc1O.COc1nc(NC(=O)CCl)ccc1O.O=C(Cl)CCl.O=CO[O-].[C-]#[N+]c1ncc2[nH]c(=S)[nH]c2c1C.[C-]#[N+]c1ncc2[nH]c(SCC(=O)Nc3ccc(O)c(OC)n3)nc2c1C.[H-].[K+].[K+]. The van der Waals surface area contributed by atoms with Gasteiger partial charge in [0, 0.05) is 11.1 Å². The number of amides is 2. The zero-order valence-electron chi connectivity index (χ0n) is 47.4. The maximum atomic E-state index is 12.1. The van der Waals surface area contributed by atoms with E-state index in [9.17, 15) is 24.6 Å². The van der Waals surface area contributed by atoms with Gasteiger partial charge >= 0.3 is 103 Å². The van der Waals surface area contributed by atoms with Crippen LogP contribution in [0, 0.1) is 31.8 Å². The second kappa shape index (κ2) is 42.4. The van der Waals surface area contributed by atoms with Crippen LogP contribution in [0.1, 0.15) is 12.6 Å². The van der Waals surface area contributed by atoms with Crippen LogP contribution >= 0.6 is 58.8 Å². The number of carbonyl (C=O) groups is 4. The number of methoxy groups -OCH3 is 5. The second-order valence-electron chi connectivity index (χ2n) is 14.7. The molecule has 8 aromatic rings. The first-order valence-electron chi connectivity index (χ1n) is 22.4. The Hall–Kier alpha value is -6.43. The molecule has 0 atom stereocenters. The number of ether oxygens (including phenoxy) is 5. The molecule has 30 nitrogen and oxygen atoms in total. The molecule has 0 aliphatic rings. The Balaban J connectivity index is 0. The average Bonchev–Trinajstić information content (AvgIpc) is 4.21. The molecule has 442 valence electrons. The van der Waals surface area contributed by atoms with Gasteiger partial charge in [-0.25, -0.2) is 4.98 Å². The van der Waals surface area contributed by atoms with E-state index >= 15 is 0 Å². The van der Waals surface area contributed by atoms with Gasteiger partial charge in [-0.15, -0.1) is 33.2 Å². The van der Waals surface area contributed by atoms with Crippen LogP contribution in [0.2, 0.25) is 0 Å². The average molecular weight is 1320 g/mol.